The van der Waals surface area contributed by atoms with Crippen LogP contribution in [0.15, 0.2) is 34.9 Å². The van der Waals surface area contributed by atoms with Crippen molar-refractivity contribution < 1.29 is 19.1 Å². The van der Waals surface area contributed by atoms with Crippen LogP contribution in [0.25, 0.3) is 0 Å². The number of hydrogen-bond donors (Lipinski definition) is 3. The first-order chi connectivity index (χ1) is 9.54. The minimum Gasteiger partial charge on any atom is -0.475 e. The zero-order chi connectivity index (χ0) is 14.5. The van der Waals surface area contributed by atoms with E-state index in [1.807, 2.05) is 6.92 Å². The molecular weight excluding hydrogens is 262 g/mol. The van der Waals surface area contributed by atoms with E-state index in [0.717, 1.165) is 5.69 Å². The van der Waals surface area contributed by atoms with Crippen molar-refractivity contribution in [1.82, 2.24) is 10.3 Å². The van der Waals surface area contributed by atoms with E-state index in [-0.39, 0.29) is 12.3 Å². The molecular formula is C13H13N3O4. The highest BCUT2D eigenvalue weighted by Crippen LogP contribution is 2.08. The lowest BCUT2D eigenvalue weighted by molar-refractivity contribution is 0.0660. The predicted molar refractivity (Wildman–Crippen MR) is 70.5 cm³/mol. The molecule has 0 aliphatic heterocycles. The number of anilines is 1. The zero-order valence-corrected chi connectivity index (χ0v) is 10.7. The molecule has 3 N–H and O–H groups in total. The molecule has 0 bridgehead atoms. The van der Waals surface area contributed by atoms with Gasteiger partial charge in [0.25, 0.3) is 0 Å². The summed E-state index contributed by atoms with van der Waals surface area (Å²) in [6.07, 6.45) is 1.55. The largest absolute Gasteiger partial charge is 0.475 e. The number of carbonyl (C=O) groups is 2. The van der Waals surface area contributed by atoms with Crippen LogP contribution in [0.5, 0.6) is 0 Å². The van der Waals surface area contributed by atoms with Gasteiger partial charge in [0.2, 0.25) is 5.76 Å². The van der Waals surface area contributed by atoms with Gasteiger partial charge in [0.15, 0.2) is 0 Å². The minimum absolute atomic E-state index is 0.0956. The molecule has 0 atom stereocenters. The van der Waals surface area contributed by atoms with E-state index >= 15 is 0 Å². The van der Waals surface area contributed by atoms with Crippen LogP contribution >= 0.6 is 0 Å². The summed E-state index contributed by atoms with van der Waals surface area (Å²) < 4.78 is 5.01. The first kappa shape index (κ1) is 13.6. The SMILES string of the molecule is Cc1ccc(NC(=O)NCc2ccc(C(=O)O)o2)cn1. The second-order valence-corrected chi connectivity index (χ2v) is 4.07. The number of hydrogen-bond acceptors (Lipinski definition) is 4. The van der Waals surface area contributed by atoms with Gasteiger partial charge in [-0.1, -0.05) is 0 Å². The van der Waals surface area contributed by atoms with Crippen LogP contribution in [-0.4, -0.2) is 22.1 Å². The number of furan rings is 1. The fourth-order valence-corrected chi connectivity index (χ4v) is 1.47. The summed E-state index contributed by atoms with van der Waals surface area (Å²) >= 11 is 0. The molecule has 2 amide bonds. The monoisotopic (exact) mass is 275 g/mol. The van der Waals surface area contributed by atoms with Crippen molar-refractivity contribution in [1.29, 1.82) is 0 Å². The van der Waals surface area contributed by atoms with Gasteiger partial charge in [-0.05, 0) is 31.2 Å². The average molecular weight is 275 g/mol. The number of rotatable bonds is 4. The average Bonchev–Trinajstić information content (AvgIpc) is 2.88. The maximum atomic E-state index is 11.6. The van der Waals surface area contributed by atoms with E-state index in [1.54, 1.807) is 18.3 Å². The standard InChI is InChI=1S/C13H13N3O4/c1-8-2-3-9(6-14-8)16-13(19)15-7-10-4-5-11(20-10)12(17)18/h2-6H,7H2,1H3,(H,17,18)(H2,15,16,19). The van der Waals surface area contributed by atoms with Crippen molar-refractivity contribution in [3.05, 3.63) is 47.7 Å². The van der Waals surface area contributed by atoms with Crippen molar-refractivity contribution >= 4 is 17.7 Å². The van der Waals surface area contributed by atoms with Gasteiger partial charge in [-0.15, -0.1) is 0 Å². The highest BCUT2D eigenvalue weighted by atomic mass is 16.4. The summed E-state index contributed by atoms with van der Waals surface area (Å²) in [4.78, 5) is 26.3. The number of aryl methyl sites for hydroxylation is 1. The van der Waals surface area contributed by atoms with Crippen molar-refractivity contribution in [3.63, 3.8) is 0 Å². The molecule has 7 heteroatoms. The zero-order valence-electron chi connectivity index (χ0n) is 10.7. The van der Waals surface area contributed by atoms with Crippen LogP contribution in [0.1, 0.15) is 22.0 Å². The number of carbonyl (C=O) groups excluding carboxylic acids is 1. The van der Waals surface area contributed by atoms with Gasteiger partial charge in [0.05, 0.1) is 18.4 Å². The number of aromatic carboxylic acids is 1. The summed E-state index contributed by atoms with van der Waals surface area (Å²) in [5.41, 5.74) is 1.42. The van der Waals surface area contributed by atoms with Crippen LogP contribution in [0.4, 0.5) is 10.5 Å². The van der Waals surface area contributed by atoms with E-state index in [2.05, 4.69) is 15.6 Å². The maximum absolute atomic E-state index is 11.6. The first-order valence-corrected chi connectivity index (χ1v) is 5.84. The number of carboxylic acids is 1. The molecule has 20 heavy (non-hydrogen) atoms. The Balaban J connectivity index is 1.85. The Bertz CT molecular complexity index is 619. The van der Waals surface area contributed by atoms with Crippen LogP contribution in [-0.2, 0) is 6.54 Å². The van der Waals surface area contributed by atoms with E-state index in [9.17, 15) is 9.59 Å². The number of nitrogens with zero attached hydrogens (tertiary/aromatic N) is 1. The molecule has 0 unspecified atom stereocenters. The third kappa shape index (κ3) is 3.58. The lowest BCUT2D eigenvalue weighted by atomic mass is 10.3. The molecule has 0 aliphatic rings. The molecule has 7 nitrogen and oxygen atoms in total. The second-order valence-electron chi connectivity index (χ2n) is 4.07. The lowest BCUT2D eigenvalue weighted by Gasteiger charge is -2.06. The molecule has 0 aromatic carbocycles. The number of aromatic nitrogens is 1. The van der Waals surface area contributed by atoms with Crippen molar-refractivity contribution in [2.75, 3.05) is 5.32 Å². The van der Waals surface area contributed by atoms with Gasteiger partial charge in [-0.3, -0.25) is 4.98 Å². The number of carboxylic acid groups (broad SMARTS) is 1. The topological polar surface area (TPSA) is 104 Å². The Morgan fingerprint density at radius 1 is 1.30 bits per heavy atom. The molecule has 2 aromatic rings. The van der Waals surface area contributed by atoms with Gasteiger partial charge in [0, 0.05) is 5.69 Å². The molecule has 0 saturated heterocycles. The number of pyridine rings is 1. The molecule has 2 aromatic heterocycles. The van der Waals surface area contributed by atoms with Crippen LogP contribution in [0.3, 0.4) is 0 Å². The Labute approximate surface area is 114 Å². The molecule has 0 spiro atoms. The summed E-state index contributed by atoms with van der Waals surface area (Å²) in [6, 6.07) is 5.92. The highest BCUT2D eigenvalue weighted by molar-refractivity contribution is 5.89. The normalized spacial score (nSPS) is 10.1. The lowest BCUT2D eigenvalue weighted by Crippen LogP contribution is -2.28. The van der Waals surface area contributed by atoms with Crippen LogP contribution in [0.2, 0.25) is 0 Å². The van der Waals surface area contributed by atoms with Crippen molar-refractivity contribution in [3.8, 4) is 0 Å². The molecule has 2 heterocycles. The minimum atomic E-state index is -1.15. The molecule has 104 valence electrons. The van der Waals surface area contributed by atoms with E-state index in [1.165, 1.54) is 12.1 Å². The molecule has 0 saturated carbocycles. The van der Waals surface area contributed by atoms with E-state index in [4.69, 9.17) is 9.52 Å². The first-order valence-electron chi connectivity index (χ1n) is 5.84. The van der Waals surface area contributed by atoms with Gasteiger partial charge in [-0.25, -0.2) is 9.59 Å². The molecule has 2 rings (SSSR count). The number of nitrogens with one attached hydrogen (secondary N) is 2. The smallest absolute Gasteiger partial charge is 0.371 e. The summed E-state index contributed by atoms with van der Waals surface area (Å²) in [5, 5.41) is 13.8. The quantitative estimate of drug-likeness (QED) is 0.791. The van der Waals surface area contributed by atoms with Gasteiger partial charge >= 0.3 is 12.0 Å². The van der Waals surface area contributed by atoms with Gasteiger partial charge in [-0.2, -0.15) is 0 Å². The van der Waals surface area contributed by atoms with Crippen molar-refractivity contribution in [2.24, 2.45) is 0 Å². The van der Waals surface area contributed by atoms with Gasteiger partial charge in [0.1, 0.15) is 5.76 Å². The van der Waals surface area contributed by atoms with E-state index in [0.29, 0.717) is 11.4 Å². The number of urea groups is 1. The molecule has 0 fully saturated rings. The highest BCUT2D eigenvalue weighted by Gasteiger charge is 2.09. The summed E-state index contributed by atoms with van der Waals surface area (Å²) in [7, 11) is 0. The predicted octanol–water partition coefficient (Wildman–Crippen LogP) is 2.00. The Hall–Kier alpha value is -2.83. The van der Waals surface area contributed by atoms with Crippen LogP contribution in [0, 0.1) is 6.92 Å². The third-order valence-corrected chi connectivity index (χ3v) is 2.46. The summed E-state index contributed by atoms with van der Waals surface area (Å²) in [6.45, 7) is 1.94. The molecule has 0 radical (unpaired) electrons. The van der Waals surface area contributed by atoms with Gasteiger partial charge < -0.3 is 20.2 Å². The second kappa shape index (κ2) is 5.87. The Kier molecular flexibility index (Phi) is 3.99. The fourth-order valence-electron chi connectivity index (χ4n) is 1.47. The molecule has 0 aliphatic carbocycles. The Morgan fingerprint density at radius 3 is 2.70 bits per heavy atom. The number of amides is 2. The maximum Gasteiger partial charge on any atom is 0.371 e. The Morgan fingerprint density at radius 2 is 2.10 bits per heavy atom. The van der Waals surface area contributed by atoms with E-state index < -0.39 is 12.0 Å². The summed E-state index contributed by atoms with van der Waals surface area (Å²) in [5.74, 6) is -0.948. The van der Waals surface area contributed by atoms with Crippen LogP contribution < -0.4 is 10.6 Å². The third-order valence-electron chi connectivity index (χ3n) is 2.46. The van der Waals surface area contributed by atoms with Crippen molar-refractivity contribution in [2.45, 2.75) is 13.5 Å². The fraction of sp³-hybridized carbons (Fsp3) is 0.154.